The Morgan fingerprint density at radius 2 is 1.92 bits per heavy atom. The Morgan fingerprint density at radius 1 is 1.11 bits per heavy atom. The summed E-state index contributed by atoms with van der Waals surface area (Å²) in [6.07, 6.45) is 0. The fourth-order valence-corrected chi connectivity index (χ4v) is 6.58. The van der Waals surface area contributed by atoms with E-state index in [4.69, 9.17) is 19.6 Å². The largest absolute Gasteiger partial charge is 0.493 e. The first-order valence-electron chi connectivity index (χ1n) is 11.9. The lowest BCUT2D eigenvalue weighted by Gasteiger charge is -2.18. The van der Waals surface area contributed by atoms with Crippen LogP contribution in [0.2, 0.25) is 0 Å². The molecule has 2 aromatic heterocycles. The fourth-order valence-electron chi connectivity index (χ4n) is 4.47. The number of benzene rings is 3. The zero-order valence-corrected chi connectivity index (χ0v) is 22.2. The number of anilines is 1. The van der Waals surface area contributed by atoms with Crippen LogP contribution < -0.4 is 14.8 Å². The number of thioether (sulfide) groups is 1. The van der Waals surface area contributed by atoms with Gasteiger partial charge in [0.2, 0.25) is 11.0 Å². The molecule has 3 heterocycles. The van der Waals surface area contributed by atoms with Gasteiger partial charge >= 0.3 is 0 Å². The normalized spacial score (nSPS) is 15.1. The van der Waals surface area contributed by atoms with Gasteiger partial charge in [-0.05, 0) is 42.8 Å². The molecular weight excluding hydrogens is 523 g/mol. The van der Waals surface area contributed by atoms with Crippen LogP contribution in [-0.2, 0) is 11.4 Å². The van der Waals surface area contributed by atoms with E-state index in [-0.39, 0.29) is 29.3 Å². The summed E-state index contributed by atoms with van der Waals surface area (Å²) in [5.41, 5.74) is 4.01. The van der Waals surface area contributed by atoms with Crippen molar-refractivity contribution in [1.82, 2.24) is 14.8 Å². The quantitative estimate of drug-likeness (QED) is 0.270. The molecule has 1 N–H and O–H groups in total. The second kappa shape index (κ2) is 10.1. The smallest absolute Gasteiger partial charge is 0.235 e. The number of nitrogens with one attached hydrogen (secondary N) is 1. The van der Waals surface area contributed by atoms with Gasteiger partial charge in [-0.15, -0.1) is 11.8 Å². The third-order valence-electron chi connectivity index (χ3n) is 6.30. The summed E-state index contributed by atoms with van der Waals surface area (Å²) >= 11 is 3.05. The predicted octanol–water partition coefficient (Wildman–Crippen LogP) is 6.29. The van der Waals surface area contributed by atoms with Gasteiger partial charge in [-0.1, -0.05) is 47.7 Å². The Bertz CT molecular complexity index is 1630. The summed E-state index contributed by atoms with van der Waals surface area (Å²) in [5.74, 6) is 1.53. The Labute approximate surface area is 226 Å². The van der Waals surface area contributed by atoms with Crippen LogP contribution >= 0.6 is 23.1 Å². The highest BCUT2D eigenvalue weighted by Crippen LogP contribution is 2.46. The highest BCUT2D eigenvalue weighted by molar-refractivity contribution is 8.00. The first-order chi connectivity index (χ1) is 18.5. The van der Waals surface area contributed by atoms with Gasteiger partial charge in [-0.2, -0.15) is 9.78 Å². The fraction of sp³-hybridized carbons (Fsp3) is 0.179. The van der Waals surface area contributed by atoms with Crippen LogP contribution in [0.4, 0.5) is 10.2 Å². The van der Waals surface area contributed by atoms with Crippen LogP contribution in [0.1, 0.15) is 27.6 Å². The SMILES string of the molecule is COc1cc([C@@H]2SCC(=O)Nc3c2c(C)nn3-c2nc3ccccc3s2)ccc1OCc1ccccc1F. The molecule has 10 heteroatoms. The molecule has 0 spiro atoms. The number of nitrogens with zero attached hydrogens (tertiary/aromatic N) is 3. The average molecular weight is 547 g/mol. The van der Waals surface area contributed by atoms with Gasteiger partial charge in [0, 0.05) is 11.1 Å². The lowest BCUT2D eigenvalue weighted by atomic mass is 10.0. The van der Waals surface area contributed by atoms with E-state index >= 15 is 0 Å². The van der Waals surface area contributed by atoms with Crippen molar-refractivity contribution in [3.63, 3.8) is 0 Å². The molecule has 192 valence electrons. The number of carbonyl (C=O) groups excluding carboxylic acids is 1. The van der Waals surface area contributed by atoms with E-state index in [0.29, 0.717) is 28.0 Å². The van der Waals surface area contributed by atoms with Crippen LogP contribution in [0, 0.1) is 12.7 Å². The standard InChI is InChI=1S/C28H23FN4O3S2/c1-16-25-26(17-11-12-21(22(13-17)35-2)36-14-18-7-3-4-8-19(18)29)37-15-24(34)31-27(25)33(32-16)28-30-20-9-5-6-10-23(20)38-28/h3-13,26H,14-15H2,1-2H3,(H,31,34)/t26-/m0/s1. The summed E-state index contributed by atoms with van der Waals surface area (Å²) in [6.45, 7) is 2.02. The van der Waals surface area contributed by atoms with E-state index in [2.05, 4.69) is 5.32 Å². The Balaban J connectivity index is 1.37. The molecule has 6 rings (SSSR count). The number of thiazole rings is 1. The minimum absolute atomic E-state index is 0.0805. The Hall–Kier alpha value is -3.89. The molecule has 0 radical (unpaired) electrons. The minimum atomic E-state index is -0.316. The molecule has 1 aliphatic heterocycles. The van der Waals surface area contributed by atoms with Crippen LogP contribution in [0.15, 0.2) is 66.7 Å². The number of para-hydroxylation sites is 1. The maximum atomic E-state index is 14.1. The number of ether oxygens (including phenoxy) is 2. The number of fused-ring (bicyclic) bond motifs is 2. The number of amides is 1. The van der Waals surface area contributed by atoms with Crippen LogP contribution in [0.25, 0.3) is 15.3 Å². The van der Waals surface area contributed by atoms with Gasteiger partial charge in [0.15, 0.2) is 11.5 Å². The van der Waals surface area contributed by atoms with Crippen molar-refractivity contribution < 1.29 is 18.7 Å². The highest BCUT2D eigenvalue weighted by Gasteiger charge is 2.32. The molecule has 0 unspecified atom stereocenters. The van der Waals surface area contributed by atoms with Gasteiger partial charge in [0.05, 0.1) is 34.0 Å². The number of hydrogen-bond donors (Lipinski definition) is 1. The lowest BCUT2D eigenvalue weighted by molar-refractivity contribution is -0.113. The van der Waals surface area contributed by atoms with Crippen molar-refractivity contribution in [2.75, 3.05) is 18.2 Å². The highest BCUT2D eigenvalue weighted by atomic mass is 32.2. The molecule has 5 aromatic rings. The topological polar surface area (TPSA) is 78.3 Å². The van der Waals surface area contributed by atoms with Gasteiger partial charge in [-0.3, -0.25) is 4.79 Å². The van der Waals surface area contributed by atoms with Crippen molar-refractivity contribution in [3.05, 3.63) is 94.9 Å². The first kappa shape index (κ1) is 24.4. The monoisotopic (exact) mass is 546 g/mol. The molecule has 1 amide bonds. The minimum Gasteiger partial charge on any atom is -0.493 e. The van der Waals surface area contributed by atoms with Gasteiger partial charge < -0.3 is 14.8 Å². The molecule has 1 aliphatic rings. The molecular formula is C28H23FN4O3S2. The molecule has 0 fully saturated rings. The second-order valence-electron chi connectivity index (χ2n) is 8.75. The molecule has 1 atom stereocenters. The predicted molar refractivity (Wildman–Crippen MR) is 148 cm³/mol. The summed E-state index contributed by atoms with van der Waals surface area (Å²) in [5, 5.41) is 8.35. The third-order valence-corrected chi connectivity index (χ3v) is 8.59. The summed E-state index contributed by atoms with van der Waals surface area (Å²) in [6, 6.07) is 20.1. The van der Waals surface area contributed by atoms with Crippen molar-refractivity contribution in [2.45, 2.75) is 18.8 Å². The van der Waals surface area contributed by atoms with Crippen molar-refractivity contribution in [3.8, 4) is 16.6 Å². The summed E-state index contributed by atoms with van der Waals surface area (Å²) in [7, 11) is 1.57. The third kappa shape index (κ3) is 4.50. The molecule has 3 aromatic carbocycles. The zero-order chi connectivity index (χ0) is 26.2. The number of methoxy groups -OCH3 is 1. The Morgan fingerprint density at radius 3 is 2.74 bits per heavy atom. The van der Waals surface area contributed by atoms with Gasteiger partial charge in [-0.25, -0.2) is 9.37 Å². The molecule has 0 bridgehead atoms. The van der Waals surface area contributed by atoms with Crippen LogP contribution in [0.5, 0.6) is 11.5 Å². The summed E-state index contributed by atoms with van der Waals surface area (Å²) in [4.78, 5) is 17.5. The number of carbonyl (C=O) groups is 1. The van der Waals surface area contributed by atoms with Crippen molar-refractivity contribution in [1.29, 1.82) is 0 Å². The zero-order valence-electron chi connectivity index (χ0n) is 20.6. The van der Waals surface area contributed by atoms with E-state index in [1.807, 2.05) is 49.4 Å². The summed E-state index contributed by atoms with van der Waals surface area (Å²) < 4.78 is 28.4. The number of rotatable bonds is 6. The molecule has 0 aliphatic carbocycles. The number of hydrogen-bond acceptors (Lipinski definition) is 7. The molecule has 38 heavy (non-hydrogen) atoms. The maximum absolute atomic E-state index is 14.1. The van der Waals surface area contributed by atoms with Crippen LogP contribution in [0.3, 0.4) is 0 Å². The maximum Gasteiger partial charge on any atom is 0.235 e. The van der Waals surface area contributed by atoms with E-state index in [1.54, 1.807) is 30.0 Å². The van der Waals surface area contributed by atoms with E-state index in [1.165, 1.54) is 29.2 Å². The van der Waals surface area contributed by atoms with Gasteiger partial charge in [0.1, 0.15) is 18.2 Å². The van der Waals surface area contributed by atoms with Crippen LogP contribution in [-0.4, -0.2) is 33.5 Å². The van der Waals surface area contributed by atoms with Crippen molar-refractivity contribution in [2.24, 2.45) is 0 Å². The Kier molecular flexibility index (Phi) is 6.50. The number of halogens is 1. The average Bonchev–Trinajstić information content (AvgIpc) is 3.44. The van der Waals surface area contributed by atoms with E-state index < -0.39 is 0 Å². The van der Waals surface area contributed by atoms with Gasteiger partial charge in [0.25, 0.3) is 0 Å². The molecule has 7 nitrogen and oxygen atoms in total. The molecule has 0 saturated carbocycles. The number of aryl methyl sites for hydroxylation is 1. The van der Waals surface area contributed by atoms with E-state index in [9.17, 15) is 9.18 Å². The van der Waals surface area contributed by atoms with E-state index in [0.717, 1.165) is 27.0 Å². The molecule has 0 saturated heterocycles. The second-order valence-corrected chi connectivity index (χ2v) is 10.9. The number of aromatic nitrogens is 3. The lowest BCUT2D eigenvalue weighted by Crippen LogP contribution is -2.15. The van der Waals surface area contributed by atoms with Crippen molar-refractivity contribution >= 4 is 45.0 Å². The first-order valence-corrected chi connectivity index (χ1v) is 13.8.